The van der Waals surface area contributed by atoms with Crippen LogP contribution in [0, 0.1) is 0 Å². The standard InChI is InChI=1S/C22H23N3O4/c1-28-16-8-5-7-15(12-16)20-19(21(26)29-2)17(23-22(27)24-20)13-25-11-10-14-6-3-4-9-18(14)25/h3-9,12,20H,10-11,13H2,1-2H3,(H2,23,24,27). The number of hydrogen-bond acceptors (Lipinski definition) is 5. The van der Waals surface area contributed by atoms with Gasteiger partial charge in [-0.15, -0.1) is 0 Å². The van der Waals surface area contributed by atoms with Gasteiger partial charge in [0, 0.05) is 12.2 Å². The number of hydrogen-bond donors (Lipinski definition) is 2. The number of rotatable bonds is 5. The van der Waals surface area contributed by atoms with Crippen LogP contribution in [0.5, 0.6) is 5.75 Å². The maximum Gasteiger partial charge on any atom is 0.338 e. The summed E-state index contributed by atoms with van der Waals surface area (Å²) in [5.41, 5.74) is 4.07. The summed E-state index contributed by atoms with van der Waals surface area (Å²) < 4.78 is 10.4. The van der Waals surface area contributed by atoms with Crippen LogP contribution in [0.1, 0.15) is 17.2 Å². The Morgan fingerprint density at radius 1 is 1.17 bits per heavy atom. The molecule has 2 aliphatic heterocycles. The normalized spacial score (nSPS) is 18.1. The van der Waals surface area contributed by atoms with Crippen LogP contribution in [0.25, 0.3) is 0 Å². The van der Waals surface area contributed by atoms with Gasteiger partial charge < -0.3 is 25.0 Å². The molecule has 0 bridgehead atoms. The SMILES string of the molecule is COC(=O)C1=C(CN2CCc3ccccc32)NC(=O)NC1c1cccc(OC)c1. The highest BCUT2D eigenvalue weighted by atomic mass is 16.5. The van der Waals surface area contributed by atoms with Gasteiger partial charge in [0.2, 0.25) is 0 Å². The number of amides is 2. The first-order valence-electron chi connectivity index (χ1n) is 9.46. The second kappa shape index (κ2) is 7.87. The fourth-order valence-corrected chi connectivity index (χ4v) is 3.93. The van der Waals surface area contributed by atoms with Crippen LogP contribution in [0.2, 0.25) is 0 Å². The molecule has 2 N–H and O–H groups in total. The van der Waals surface area contributed by atoms with Gasteiger partial charge in [0.1, 0.15) is 5.75 Å². The van der Waals surface area contributed by atoms with E-state index in [1.807, 2.05) is 36.4 Å². The summed E-state index contributed by atoms with van der Waals surface area (Å²) in [6.45, 7) is 1.24. The molecule has 0 spiro atoms. The largest absolute Gasteiger partial charge is 0.497 e. The highest BCUT2D eigenvalue weighted by Crippen LogP contribution is 2.32. The van der Waals surface area contributed by atoms with E-state index in [2.05, 4.69) is 27.7 Å². The third-order valence-electron chi connectivity index (χ3n) is 5.32. The van der Waals surface area contributed by atoms with Crippen molar-refractivity contribution in [2.45, 2.75) is 12.5 Å². The van der Waals surface area contributed by atoms with Crippen molar-refractivity contribution in [3.05, 3.63) is 70.9 Å². The molecule has 2 aromatic rings. The molecule has 29 heavy (non-hydrogen) atoms. The lowest BCUT2D eigenvalue weighted by molar-refractivity contribution is -0.136. The molecule has 1 unspecified atom stereocenters. The molecule has 150 valence electrons. The molecule has 0 saturated heterocycles. The number of esters is 1. The third-order valence-corrected chi connectivity index (χ3v) is 5.32. The molecule has 7 heteroatoms. The number of para-hydroxylation sites is 1. The smallest absolute Gasteiger partial charge is 0.338 e. The molecule has 7 nitrogen and oxygen atoms in total. The van der Waals surface area contributed by atoms with E-state index in [0.717, 1.165) is 24.2 Å². The molecular formula is C22H23N3O4. The van der Waals surface area contributed by atoms with E-state index in [4.69, 9.17) is 9.47 Å². The van der Waals surface area contributed by atoms with E-state index in [1.165, 1.54) is 12.7 Å². The first kappa shape index (κ1) is 18.9. The van der Waals surface area contributed by atoms with Crippen molar-refractivity contribution in [1.82, 2.24) is 10.6 Å². The predicted molar refractivity (Wildman–Crippen MR) is 109 cm³/mol. The number of anilines is 1. The van der Waals surface area contributed by atoms with E-state index >= 15 is 0 Å². The summed E-state index contributed by atoms with van der Waals surface area (Å²) in [5.74, 6) is 0.169. The van der Waals surface area contributed by atoms with Crippen molar-refractivity contribution in [2.75, 3.05) is 32.2 Å². The molecule has 2 aromatic carbocycles. The minimum atomic E-state index is -0.626. The quantitative estimate of drug-likeness (QED) is 0.763. The zero-order valence-corrected chi connectivity index (χ0v) is 16.4. The number of ether oxygens (including phenoxy) is 2. The summed E-state index contributed by atoms with van der Waals surface area (Å²) in [6, 6.07) is 14.5. The number of nitrogens with one attached hydrogen (secondary N) is 2. The Balaban J connectivity index is 1.74. The van der Waals surface area contributed by atoms with E-state index in [0.29, 0.717) is 23.6 Å². The van der Waals surface area contributed by atoms with Crippen molar-refractivity contribution < 1.29 is 19.1 Å². The zero-order valence-electron chi connectivity index (χ0n) is 16.4. The minimum Gasteiger partial charge on any atom is -0.497 e. The summed E-state index contributed by atoms with van der Waals surface area (Å²) >= 11 is 0. The summed E-state index contributed by atoms with van der Waals surface area (Å²) in [6.07, 6.45) is 0.933. The van der Waals surface area contributed by atoms with Gasteiger partial charge in [0.15, 0.2) is 0 Å². The average molecular weight is 393 g/mol. The number of methoxy groups -OCH3 is 2. The Morgan fingerprint density at radius 2 is 2.00 bits per heavy atom. The van der Waals surface area contributed by atoms with Crippen molar-refractivity contribution in [3.8, 4) is 5.75 Å². The van der Waals surface area contributed by atoms with Crippen molar-refractivity contribution in [3.63, 3.8) is 0 Å². The van der Waals surface area contributed by atoms with Gasteiger partial charge in [0.05, 0.1) is 38.1 Å². The maximum absolute atomic E-state index is 12.7. The van der Waals surface area contributed by atoms with Gasteiger partial charge in [-0.25, -0.2) is 9.59 Å². The number of nitrogens with zero attached hydrogens (tertiary/aromatic N) is 1. The first-order chi connectivity index (χ1) is 14.1. The predicted octanol–water partition coefficient (Wildman–Crippen LogP) is 2.54. The molecule has 0 saturated carbocycles. The fraction of sp³-hybridized carbons (Fsp3) is 0.273. The van der Waals surface area contributed by atoms with Crippen molar-refractivity contribution in [2.24, 2.45) is 0 Å². The Hall–Kier alpha value is -3.48. The Labute approximate surface area is 169 Å². The van der Waals surface area contributed by atoms with Crippen LogP contribution < -0.4 is 20.3 Å². The van der Waals surface area contributed by atoms with E-state index < -0.39 is 12.0 Å². The first-order valence-corrected chi connectivity index (χ1v) is 9.46. The van der Waals surface area contributed by atoms with Crippen molar-refractivity contribution in [1.29, 1.82) is 0 Å². The second-order valence-corrected chi connectivity index (χ2v) is 6.99. The van der Waals surface area contributed by atoms with E-state index in [-0.39, 0.29) is 6.03 Å². The van der Waals surface area contributed by atoms with Gasteiger partial charge in [-0.2, -0.15) is 0 Å². The van der Waals surface area contributed by atoms with Crippen LogP contribution in [0.3, 0.4) is 0 Å². The van der Waals surface area contributed by atoms with Crippen LogP contribution in [-0.4, -0.2) is 39.3 Å². The van der Waals surface area contributed by atoms with Crippen LogP contribution >= 0.6 is 0 Å². The monoisotopic (exact) mass is 393 g/mol. The Morgan fingerprint density at radius 3 is 2.79 bits per heavy atom. The maximum atomic E-state index is 12.7. The van der Waals surface area contributed by atoms with Gasteiger partial charge in [-0.3, -0.25) is 0 Å². The molecule has 2 aliphatic rings. The minimum absolute atomic E-state index is 0.354. The number of urea groups is 1. The van der Waals surface area contributed by atoms with Crippen LogP contribution in [0.15, 0.2) is 59.8 Å². The third kappa shape index (κ3) is 3.63. The summed E-state index contributed by atoms with van der Waals surface area (Å²) in [5, 5.41) is 5.66. The van der Waals surface area contributed by atoms with Crippen LogP contribution in [-0.2, 0) is 16.0 Å². The van der Waals surface area contributed by atoms with Crippen LogP contribution in [0.4, 0.5) is 10.5 Å². The Kier molecular flexibility index (Phi) is 5.12. The molecular weight excluding hydrogens is 370 g/mol. The lowest BCUT2D eigenvalue weighted by Gasteiger charge is -2.31. The fourth-order valence-electron chi connectivity index (χ4n) is 3.93. The molecule has 1 atom stereocenters. The molecule has 2 heterocycles. The van der Waals surface area contributed by atoms with E-state index in [9.17, 15) is 9.59 Å². The molecule has 0 aromatic heterocycles. The second-order valence-electron chi connectivity index (χ2n) is 6.99. The number of benzene rings is 2. The Bertz CT molecular complexity index is 986. The van der Waals surface area contributed by atoms with E-state index in [1.54, 1.807) is 7.11 Å². The van der Waals surface area contributed by atoms with Gasteiger partial charge in [-0.05, 0) is 35.7 Å². The molecule has 0 radical (unpaired) electrons. The van der Waals surface area contributed by atoms with Crippen molar-refractivity contribution >= 4 is 17.7 Å². The molecule has 0 fully saturated rings. The lowest BCUT2D eigenvalue weighted by Crippen LogP contribution is -2.48. The molecule has 2 amide bonds. The van der Waals surface area contributed by atoms with Gasteiger partial charge in [-0.1, -0.05) is 30.3 Å². The molecule has 0 aliphatic carbocycles. The summed E-state index contributed by atoms with van der Waals surface area (Å²) in [7, 11) is 2.92. The number of fused-ring (bicyclic) bond motifs is 1. The number of carbonyl (C=O) groups excluding carboxylic acids is 2. The number of carbonyl (C=O) groups is 2. The molecule has 4 rings (SSSR count). The zero-order chi connectivity index (χ0) is 20.4. The lowest BCUT2D eigenvalue weighted by atomic mass is 9.94. The highest BCUT2D eigenvalue weighted by molar-refractivity contribution is 5.95. The average Bonchev–Trinajstić information content (AvgIpc) is 3.16. The topological polar surface area (TPSA) is 79.9 Å². The van der Waals surface area contributed by atoms with Gasteiger partial charge in [0.25, 0.3) is 0 Å². The van der Waals surface area contributed by atoms with Gasteiger partial charge >= 0.3 is 12.0 Å². The highest BCUT2D eigenvalue weighted by Gasteiger charge is 2.35. The summed E-state index contributed by atoms with van der Waals surface area (Å²) in [4.78, 5) is 27.3.